The molecular weight excluding hydrogens is 288 g/mol. The number of carbonyl (C=O) groups excluding carboxylic acids is 1. The molecular formula is C15H28N2O3S. The van der Waals surface area contributed by atoms with Crippen molar-refractivity contribution in [3.05, 3.63) is 0 Å². The minimum Gasteiger partial charge on any atom is -0.481 e. The molecule has 6 heteroatoms. The van der Waals surface area contributed by atoms with E-state index in [4.69, 9.17) is 5.11 Å². The van der Waals surface area contributed by atoms with Gasteiger partial charge >= 0.3 is 12.0 Å². The van der Waals surface area contributed by atoms with Gasteiger partial charge in [-0.25, -0.2) is 4.79 Å². The number of thioether (sulfide) groups is 1. The lowest BCUT2D eigenvalue weighted by molar-refractivity contribution is -0.137. The second-order valence-electron chi connectivity index (χ2n) is 5.72. The zero-order valence-corrected chi connectivity index (χ0v) is 14.0. The Kier molecular flexibility index (Phi) is 8.57. The molecule has 1 saturated heterocycles. The third kappa shape index (κ3) is 7.07. The number of nitrogens with zero attached hydrogens (tertiary/aromatic N) is 1. The fraction of sp³-hybridized carbons (Fsp3) is 0.867. The van der Waals surface area contributed by atoms with E-state index in [1.165, 1.54) is 19.3 Å². The van der Waals surface area contributed by atoms with Gasteiger partial charge in [0.15, 0.2) is 0 Å². The standard InChI is InChI=1S/C15H28N2O3S/c1-3-4-5-6-7-12(2)16-15(20)17-8-9-21-11-13(17)10-14(18)19/h12-13H,3-11H2,1-2H3,(H,16,20)(H,18,19). The number of unbranched alkanes of at least 4 members (excludes halogenated alkanes) is 3. The number of carboxylic acid groups (broad SMARTS) is 1. The van der Waals surface area contributed by atoms with Gasteiger partial charge in [-0.15, -0.1) is 0 Å². The van der Waals surface area contributed by atoms with Gasteiger partial charge in [-0.1, -0.05) is 32.6 Å². The van der Waals surface area contributed by atoms with Crippen LogP contribution in [0.25, 0.3) is 0 Å². The van der Waals surface area contributed by atoms with E-state index in [0.29, 0.717) is 12.3 Å². The van der Waals surface area contributed by atoms with Crippen molar-refractivity contribution < 1.29 is 14.7 Å². The first kappa shape index (κ1) is 18.1. The lowest BCUT2D eigenvalue weighted by Gasteiger charge is -2.35. The van der Waals surface area contributed by atoms with Crippen molar-refractivity contribution in [3.63, 3.8) is 0 Å². The number of aliphatic carboxylic acids is 1. The highest BCUT2D eigenvalue weighted by atomic mass is 32.2. The van der Waals surface area contributed by atoms with Crippen molar-refractivity contribution >= 4 is 23.8 Å². The predicted octanol–water partition coefficient (Wildman–Crippen LogP) is 2.95. The fourth-order valence-corrected chi connectivity index (χ4v) is 3.60. The Hall–Kier alpha value is -0.910. The average Bonchev–Trinajstić information content (AvgIpc) is 2.43. The lowest BCUT2D eigenvalue weighted by atomic mass is 10.1. The maximum absolute atomic E-state index is 12.3. The Labute approximate surface area is 131 Å². The Balaban J connectivity index is 2.38. The monoisotopic (exact) mass is 316 g/mol. The van der Waals surface area contributed by atoms with E-state index in [1.807, 2.05) is 6.92 Å². The first-order valence-corrected chi connectivity index (χ1v) is 9.06. The van der Waals surface area contributed by atoms with Crippen LogP contribution in [0.3, 0.4) is 0 Å². The average molecular weight is 316 g/mol. The molecule has 0 aromatic carbocycles. The third-order valence-electron chi connectivity index (χ3n) is 3.76. The maximum Gasteiger partial charge on any atom is 0.317 e. The van der Waals surface area contributed by atoms with Crippen LogP contribution in [-0.4, -0.2) is 52.1 Å². The number of urea groups is 1. The zero-order chi connectivity index (χ0) is 15.7. The van der Waals surface area contributed by atoms with E-state index in [9.17, 15) is 9.59 Å². The number of nitrogens with one attached hydrogen (secondary N) is 1. The Morgan fingerprint density at radius 3 is 2.81 bits per heavy atom. The number of amides is 2. The summed E-state index contributed by atoms with van der Waals surface area (Å²) in [6.45, 7) is 4.84. The molecule has 0 aliphatic carbocycles. The molecule has 122 valence electrons. The summed E-state index contributed by atoms with van der Waals surface area (Å²) < 4.78 is 0. The Morgan fingerprint density at radius 1 is 1.38 bits per heavy atom. The van der Waals surface area contributed by atoms with Crippen LogP contribution < -0.4 is 5.32 Å². The summed E-state index contributed by atoms with van der Waals surface area (Å²) in [5, 5.41) is 12.0. The van der Waals surface area contributed by atoms with Gasteiger partial charge in [0.1, 0.15) is 0 Å². The molecule has 2 N–H and O–H groups in total. The molecule has 0 bridgehead atoms. The normalized spacial score (nSPS) is 20.1. The molecule has 0 aromatic rings. The quantitative estimate of drug-likeness (QED) is 0.676. The maximum atomic E-state index is 12.3. The van der Waals surface area contributed by atoms with Gasteiger partial charge < -0.3 is 15.3 Å². The minimum absolute atomic E-state index is 0.0330. The molecule has 0 spiro atoms. The van der Waals surface area contributed by atoms with Crippen LogP contribution in [0.5, 0.6) is 0 Å². The largest absolute Gasteiger partial charge is 0.481 e. The van der Waals surface area contributed by atoms with E-state index in [-0.39, 0.29) is 24.5 Å². The SMILES string of the molecule is CCCCCCC(C)NC(=O)N1CCSCC1CC(=O)O. The molecule has 0 saturated carbocycles. The van der Waals surface area contributed by atoms with E-state index < -0.39 is 5.97 Å². The molecule has 1 heterocycles. The first-order valence-electron chi connectivity index (χ1n) is 7.91. The van der Waals surface area contributed by atoms with Crippen molar-refractivity contribution in [1.29, 1.82) is 0 Å². The van der Waals surface area contributed by atoms with Gasteiger partial charge in [0.25, 0.3) is 0 Å². The summed E-state index contributed by atoms with van der Waals surface area (Å²) >= 11 is 1.72. The summed E-state index contributed by atoms with van der Waals surface area (Å²) in [7, 11) is 0. The molecule has 21 heavy (non-hydrogen) atoms. The highest BCUT2D eigenvalue weighted by molar-refractivity contribution is 7.99. The molecule has 5 nitrogen and oxygen atoms in total. The third-order valence-corrected chi connectivity index (χ3v) is 4.85. The van der Waals surface area contributed by atoms with Gasteiger partial charge in [-0.2, -0.15) is 11.8 Å². The van der Waals surface area contributed by atoms with E-state index in [2.05, 4.69) is 12.2 Å². The predicted molar refractivity (Wildman–Crippen MR) is 86.8 cm³/mol. The molecule has 2 amide bonds. The van der Waals surface area contributed by atoms with Crippen molar-refractivity contribution in [2.75, 3.05) is 18.1 Å². The van der Waals surface area contributed by atoms with E-state index in [1.54, 1.807) is 16.7 Å². The highest BCUT2D eigenvalue weighted by Gasteiger charge is 2.29. The molecule has 1 rings (SSSR count). The van der Waals surface area contributed by atoms with Crippen LogP contribution in [0.4, 0.5) is 4.79 Å². The van der Waals surface area contributed by atoms with Crippen molar-refractivity contribution in [2.45, 2.75) is 64.5 Å². The number of carbonyl (C=O) groups is 2. The van der Waals surface area contributed by atoms with Crippen LogP contribution in [0.1, 0.15) is 52.4 Å². The molecule has 2 unspecified atom stereocenters. The fourth-order valence-electron chi connectivity index (χ4n) is 2.54. The van der Waals surface area contributed by atoms with Gasteiger partial charge in [0.2, 0.25) is 0 Å². The van der Waals surface area contributed by atoms with Crippen LogP contribution in [0.15, 0.2) is 0 Å². The summed E-state index contributed by atoms with van der Waals surface area (Å²) in [6.07, 6.45) is 5.80. The first-order chi connectivity index (χ1) is 10.0. The summed E-state index contributed by atoms with van der Waals surface area (Å²) in [4.78, 5) is 24.9. The lowest BCUT2D eigenvalue weighted by Crippen LogP contribution is -2.52. The minimum atomic E-state index is -0.840. The topological polar surface area (TPSA) is 69.6 Å². The smallest absolute Gasteiger partial charge is 0.317 e. The summed E-state index contributed by atoms with van der Waals surface area (Å²) in [5.41, 5.74) is 0. The summed E-state index contributed by atoms with van der Waals surface area (Å²) in [5.74, 6) is 0.756. The highest BCUT2D eigenvalue weighted by Crippen LogP contribution is 2.19. The number of rotatable bonds is 8. The van der Waals surface area contributed by atoms with Crippen molar-refractivity contribution in [2.24, 2.45) is 0 Å². The van der Waals surface area contributed by atoms with E-state index in [0.717, 1.165) is 18.6 Å². The van der Waals surface area contributed by atoms with E-state index >= 15 is 0 Å². The van der Waals surface area contributed by atoms with Crippen molar-refractivity contribution in [1.82, 2.24) is 10.2 Å². The molecule has 1 fully saturated rings. The van der Waals surface area contributed by atoms with Gasteiger partial charge in [-0.05, 0) is 13.3 Å². The Bertz CT molecular complexity index is 339. The molecule has 1 aliphatic heterocycles. The van der Waals surface area contributed by atoms with Crippen molar-refractivity contribution in [3.8, 4) is 0 Å². The van der Waals surface area contributed by atoms with Crippen LogP contribution >= 0.6 is 11.8 Å². The number of carboxylic acids is 1. The Morgan fingerprint density at radius 2 is 2.14 bits per heavy atom. The number of hydrogen-bond acceptors (Lipinski definition) is 3. The van der Waals surface area contributed by atoms with Crippen LogP contribution in [-0.2, 0) is 4.79 Å². The van der Waals surface area contributed by atoms with Gasteiger partial charge in [0, 0.05) is 24.1 Å². The zero-order valence-electron chi connectivity index (χ0n) is 13.1. The molecule has 0 radical (unpaired) electrons. The van der Waals surface area contributed by atoms with Crippen LogP contribution in [0.2, 0.25) is 0 Å². The number of hydrogen-bond donors (Lipinski definition) is 2. The molecule has 2 atom stereocenters. The van der Waals surface area contributed by atoms with Gasteiger partial charge in [-0.3, -0.25) is 4.79 Å². The second kappa shape index (κ2) is 9.92. The molecule has 1 aliphatic rings. The second-order valence-corrected chi connectivity index (χ2v) is 6.87. The van der Waals surface area contributed by atoms with Crippen LogP contribution in [0, 0.1) is 0 Å². The summed E-state index contributed by atoms with van der Waals surface area (Å²) in [6, 6.07) is -0.146. The molecule has 0 aromatic heterocycles. The van der Waals surface area contributed by atoms with Gasteiger partial charge in [0.05, 0.1) is 12.5 Å².